The maximum atomic E-state index is 13.2. The standard InChI is InChI=1S/C11H6Cl2FIN2/c1-5-2-3-6(14)4-7(5)11-16-9(12)8(15)10(13)17-11/h2-4H,1H3. The molecule has 0 amide bonds. The molecule has 0 atom stereocenters. The van der Waals surface area contributed by atoms with E-state index in [1.54, 1.807) is 6.07 Å². The van der Waals surface area contributed by atoms with Crippen LogP contribution in [0.1, 0.15) is 5.56 Å². The molecule has 0 bridgehead atoms. The Morgan fingerprint density at radius 2 is 1.76 bits per heavy atom. The first-order valence-corrected chi connectivity index (χ1v) is 6.47. The summed E-state index contributed by atoms with van der Waals surface area (Å²) < 4.78 is 13.8. The van der Waals surface area contributed by atoms with Crippen LogP contribution in [-0.4, -0.2) is 9.97 Å². The smallest absolute Gasteiger partial charge is 0.162 e. The van der Waals surface area contributed by atoms with Gasteiger partial charge in [-0.25, -0.2) is 14.4 Å². The average molecular weight is 383 g/mol. The molecule has 1 aromatic heterocycles. The second-order valence-corrected chi connectivity index (χ2v) is 5.20. The molecule has 88 valence electrons. The van der Waals surface area contributed by atoms with Crippen molar-refractivity contribution < 1.29 is 4.39 Å². The molecule has 2 nitrogen and oxygen atoms in total. The van der Waals surface area contributed by atoms with Crippen molar-refractivity contribution in [3.05, 3.63) is 43.5 Å². The maximum Gasteiger partial charge on any atom is 0.162 e. The molecule has 0 saturated heterocycles. The molecule has 0 aliphatic heterocycles. The first-order valence-electron chi connectivity index (χ1n) is 4.64. The van der Waals surface area contributed by atoms with E-state index in [-0.39, 0.29) is 16.1 Å². The second-order valence-electron chi connectivity index (χ2n) is 3.40. The van der Waals surface area contributed by atoms with Gasteiger partial charge >= 0.3 is 0 Å². The molecular weight excluding hydrogens is 377 g/mol. The highest BCUT2D eigenvalue weighted by atomic mass is 127. The monoisotopic (exact) mass is 382 g/mol. The average Bonchev–Trinajstić information content (AvgIpc) is 2.28. The summed E-state index contributed by atoms with van der Waals surface area (Å²) in [7, 11) is 0. The summed E-state index contributed by atoms with van der Waals surface area (Å²) in [5.74, 6) is -0.0163. The Kier molecular flexibility index (Phi) is 3.85. The van der Waals surface area contributed by atoms with E-state index in [9.17, 15) is 4.39 Å². The number of nitrogens with zero attached hydrogens (tertiary/aromatic N) is 2. The van der Waals surface area contributed by atoms with Crippen LogP contribution in [0.15, 0.2) is 18.2 Å². The largest absolute Gasteiger partial charge is 0.215 e. The fourth-order valence-corrected chi connectivity index (χ4v) is 1.98. The van der Waals surface area contributed by atoms with Gasteiger partial charge < -0.3 is 0 Å². The first kappa shape index (κ1) is 13.0. The van der Waals surface area contributed by atoms with Gasteiger partial charge in [-0.1, -0.05) is 29.3 Å². The predicted molar refractivity (Wildman–Crippen MR) is 74.9 cm³/mol. The Morgan fingerprint density at radius 1 is 1.18 bits per heavy atom. The molecule has 0 aliphatic rings. The maximum absolute atomic E-state index is 13.2. The molecule has 0 unspecified atom stereocenters. The van der Waals surface area contributed by atoms with Crippen molar-refractivity contribution in [2.45, 2.75) is 6.92 Å². The Hall–Kier alpha value is -0.460. The van der Waals surface area contributed by atoms with E-state index < -0.39 is 0 Å². The fraction of sp³-hybridized carbons (Fsp3) is 0.0909. The van der Waals surface area contributed by atoms with Crippen LogP contribution in [0.5, 0.6) is 0 Å². The number of aryl methyl sites for hydroxylation is 1. The minimum atomic E-state index is -0.347. The summed E-state index contributed by atoms with van der Waals surface area (Å²) >= 11 is 13.8. The highest BCUT2D eigenvalue weighted by molar-refractivity contribution is 14.1. The lowest BCUT2D eigenvalue weighted by atomic mass is 10.1. The molecule has 2 aromatic rings. The van der Waals surface area contributed by atoms with Gasteiger partial charge in [-0.3, -0.25) is 0 Å². The number of benzene rings is 1. The summed E-state index contributed by atoms with van der Waals surface area (Å²) in [6.45, 7) is 1.85. The molecule has 1 heterocycles. The summed E-state index contributed by atoms with van der Waals surface area (Å²) in [5.41, 5.74) is 1.45. The zero-order chi connectivity index (χ0) is 12.6. The van der Waals surface area contributed by atoms with Gasteiger partial charge in [0.2, 0.25) is 0 Å². The van der Waals surface area contributed by atoms with Crippen molar-refractivity contribution >= 4 is 45.8 Å². The van der Waals surface area contributed by atoms with Crippen LogP contribution < -0.4 is 0 Å². The highest BCUT2D eigenvalue weighted by Crippen LogP contribution is 2.28. The van der Waals surface area contributed by atoms with Gasteiger partial charge in [0.25, 0.3) is 0 Å². The van der Waals surface area contributed by atoms with Crippen molar-refractivity contribution in [3.63, 3.8) is 0 Å². The van der Waals surface area contributed by atoms with Crippen LogP contribution in [0.3, 0.4) is 0 Å². The van der Waals surface area contributed by atoms with Crippen molar-refractivity contribution in [1.82, 2.24) is 9.97 Å². The quantitative estimate of drug-likeness (QED) is 0.536. The predicted octanol–water partition coefficient (Wildman–Crippen LogP) is 4.50. The number of hydrogen-bond acceptors (Lipinski definition) is 2. The van der Waals surface area contributed by atoms with Crippen molar-refractivity contribution in [1.29, 1.82) is 0 Å². The SMILES string of the molecule is Cc1ccc(F)cc1-c1nc(Cl)c(I)c(Cl)n1. The van der Waals surface area contributed by atoms with Gasteiger partial charge in [0.1, 0.15) is 16.1 Å². The molecular formula is C11H6Cl2FIN2. The molecule has 0 N–H and O–H groups in total. The third-order valence-electron chi connectivity index (χ3n) is 2.21. The van der Waals surface area contributed by atoms with E-state index in [1.165, 1.54) is 12.1 Å². The zero-order valence-corrected chi connectivity index (χ0v) is 12.3. The molecule has 17 heavy (non-hydrogen) atoms. The second kappa shape index (κ2) is 5.04. The van der Waals surface area contributed by atoms with Gasteiger partial charge in [0.15, 0.2) is 5.82 Å². The minimum absolute atomic E-state index is 0.268. The summed E-state index contributed by atoms with van der Waals surface area (Å²) in [4.78, 5) is 8.20. The Labute approximate surface area is 121 Å². The summed E-state index contributed by atoms with van der Waals surface area (Å²) in [6, 6.07) is 4.41. The first-order chi connectivity index (χ1) is 7.99. The molecule has 0 radical (unpaired) electrons. The van der Waals surface area contributed by atoms with Crippen molar-refractivity contribution in [2.75, 3.05) is 0 Å². The van der Waals surface area contributed by atoms with Crippen molar-refractivity contribution in [3.8, 4) is 11.4 Å². The van der Waals surface area contributed by atoms with Gasteiger partial charge in [-0.05, 0) is 47.2 Å². The van der Waals surface area contributed by atoms with Gasteiger partial charge in [0.05, 0.1) is 3.57 Å². The van der Waals surface area contributed by atoms with E-state index in [4.69, 9.17) is 23.2 Å². The topological polar surface area (TPSA) is 25.8 Å². The van der Waals surface area contributed by atoms with E-state index in [0.717, 1.165) is 5.56 Å². The Balaban J connectivity index is 2.64. The van der Waals surface area contributed by atoms with E-state index in [1.807, 2.05) is 29.5 Å². The highest BCUT2D eigenvalue weighted by Gasteiger charge is 2.12. The molecule has 2 rings (SSSR count). The molecule has 0 aliphatic carbocycles. The van der Waals surface area contributed by atoms with E-state index >= 15 is 0 Å². The van der Waals surface area contributed by atoms with Gasteiger partial charge in [0, 0.05) is 5.56 Å². The lowest BCUT2D eigenvalue weighted by Crippen LogP contribution is -1.96. The zero-order valence-electron chi connectivity index (χ0n) is 8.64. The molecule has 1 aromatic carbocycles. The molecule has 0 saturated carbocycles. The third-order valence-corrected chi connectivity index (χ3v) is 4.42. The van der Waals surface area contributed by atoms with Crippen LogP contribution in [0.2, 0.25) is 10.3 Å². The minimum Gasteiger partial charge on any atom is -0.215 e. The Bertz CT molecular complexity index is 567. The van der Waals surface area contributed by atoms with Crippen LogP contribution >= 0.6 is 45.8 Å². The summed E-state index contributed by atoms with van der Waals surface area (Å²) in [6.07, 6.45) is 0. The lowest BCUT2D eigenvalue weighted by molar-refractivity contribution is 0.627. The number of hydrogen-bond donors (Lipinski definition) is 0. The van der Waals surface area contributed by atoms with Crippen molar-refractivity contribution in [2.24, 2.45) is 0 Å². The normalized spacial score (nSPS) is 10.6. The summed E-state index contributed by atoms with van der Waals surface area (Å²) in [5, 5.41) is 0.536. The van der Waals surface area contributed by atoms with Crippen LogP contribution in [0.4, 0.5) is 4.39 Å². The molecule has 0 spiro atoms. The van der Waals surface area contributed by atoms with Crippen LogP contribution in [0.25, 0.3) is 11.4 Å². The Morgan fingerprint density at radius 3 is 2.35 bits per heavy atom. The number of rotatable bonds is 1. The lowest BCUT2D eigenvalue weighted by Gasteiger charge is -2.06. The fourth-order valence-electron chi connectivity index (χ4n) is 1.35. The van der Waals surface area contributed by atoms with Crippen LogP contribution in [-0.2, 0) is 0 Å². The van der Waals surface area contributed by atoms with E-state index in [2.05, 4.69) is 9.97 Å². The molecule has 0 fully saturated rings. The van der Waals surface area contributed by atoms with Gasteiger partial charge in [-0.2, -0.15) is 0 Å². The van der Waals surface area contributed by atoms with Gasteiger partial charge in [-0.15, -0.1) is 0 Å². The third kappa shape index (κ3) is 2.69. The number of aromatic nitrogens is 2. The number of halogens is 4. The molecule has 6 heteroatoms. The van der Waals surface area contributed by atoms with Crippen LogP contribution in [0, 0.1) is 16.3 Å². The van der Waals surface area contributed by atoms with E-state index in [0.29, 0.717) is 15.0 Å².